The van der Waals surface area contributed by atoms with Crippen molar-refractivity contribution in [2.45, 2.75) is 26.7 Å². The predicted molar refractivity (Wildman–Crippen MR) is 70.8 cm³/mol. The van der Waals surface area contributed by atoms with E-state index in [0.717, 1.165) is 10.6 Å². The van der Waals surface area contributed by atoms with Crippen LogP contribution in [0.2, 0.25) is 0 Å². The SMILES string of the molecule is Cc1ccc(C(=O)c2csc(C(C)C)n2)cc1. The summed E-state index contributed by atoms with van der Waals surface area (Å²) in [4.78, 5) is 16.5. The fourth-order valence-corrected chi connectivity index (χ4v) is 2.33. The molecule has 0 bridgehead atoms. The molecular weight excluding hydrogens is 230 g/mol. The summed E-state index contributed by atoms with van der Waals surface area (Å²) in [6.45, 7) is 6.17. The van der Waals surface area contributed by atoms with Crippen molar-refractivity contribution in [2.75, 3.05) is 0 Å². The van der Waals surface area contributed by atoms with E-state index < -0.39 is 0 Å². The fraction of sp³-hybridized carbons (Fsp3) is 0.286. The van der Waals surface area contributed by atoms with Gasteiger partial charge in [0.05, 0.1) is 5.01 Å². The van der Waals surface area contributed by atoms with Crippen LogP contribution in [0.3, 0.4) is 0 Å². The maximum absolute atomic E-state index is 12.1. The van der Waals surface area contributed by atoms with Crippen LogP contribution in [-0.4, -0.2) is 10.8 Å². The first-order chi connectivity index (χ1) is 8.08. The van der Waals surface area contributed by atoms with Crippen molar-refractivity contribution in [3.05, 3.63) is 51.5 Å². The van der Waals surface area contributed by atoms with Crippen molar-refractivity contribution < 1.29 is 4.79 Å². The minimum atomic E-state index is 0.00755. The van der Waals surface area contributed by atoms with Gasteiger partial charge < -0.3 is 0 Å². The lowest BCUT2D eigenvalue weighted by atomic mass is 10.1. The van der Waals surface area contributed by atoms with Crippen LogP contribution >= 0.6 is 11.3 Å². The van der Waals surface area contributed by atoms with Crippen LogP contribution in [0.1, 0.15) is 46.4 Å². The quantitative estimate of drug-likeness (QED) is 0.770. The molecule has 2 aromatic rings. The van der Waals surface area contributed by atoms with Crippen molar-refractivity contribution in [2.24, 2.45) is 0 Å². The van der Waals surface area contributed by atoms with Gasteiger partial charge in [0.1, 0.15) is 5.69 Å². The standard InChI is InChI=1S/C14H15NOS/c1-9(2)14-15-12(8-17-14)13(16)11-6-4-10(3)5-7-11/h4-9H,1-3H3. The number of benzene rings is 1. The third-order valence-corrected chi connectivity index (χ3v) is 3.71. The van der Waals surface area contributed by atoms with Crippen LogP contribution in [0.4, 0.5) is 0 Å². The van der Waals surface area contributed by atoms with Gasteiger partial charge >= 0.3 is 0 Å². The highest BCUT2D eigenvalue weighted by molar-refractivity contribution is 7.09. The number of thiazole rings is 1. The Morgan fingerprint density at radius 3 is 2.41 bits per heavy atom. The summed E-state index contributed by atoms with van der Waals surface area (Å²) in [5, 5.41) is 2.86. The monoisotopic (exact) mass is 245 g/mol. The highest BCUT2D eigenvalue weighted by Crippen LogP contribution is 2.21. The van der Waals surface area contributed by atoms with Gasteiger partial charge in [-0.05, 0) is 6.92 Å². The van der Waals surface area contributed by atoms with Gasteiger partial charge in [0, 0.05) is 16.9 Å². The Balaban J connectivity index is 2.27. The number of rotatable bonds is 3. The zero-order valence-electron chi connectivity index (χ0n) is 10.2. The fourth-order valence-electron chi connectivity index (χ4n) is 1.51. The van der Waals surface area contributed by atoms with Crippen molar-refractivity contribution in [3.8, 4) is 0 Å². The molecule has 0 aliphatic heterocycles. The second kappa shape index (κ2) is 4.80. The van der Waals surface area contributed by atoms with Gasteiger partial charge in [0.15, 0.2) is 0 Å². The molecule has 0 radical (unpaired) electrons. The molecule has 3 heteroatoms. The minimum Gasteiger partial charge on any atom is -0.287 e. The maximum Gasteiger partial charge on any atom is 0.212 e. The highest BCUT2D eigenvalue weighted by atomic mass is 32.1. The molecule has 0 saturated carbocycles. The molecule has 0 N–H and O–H groups in total. The maximum atomic E-state index is 12.1. The number of carbonyl (C=O) groups is 1. The molecule has 0 aliphatic rings. The summed E-state index contributed by atoms with van der Waals surface area (Å²) in [5.41, 5.74) is 2.42. The van der Waals surface area contributed by atoms with Crippen LogP contribution in [0.5, 0.6) is 0 Å². The van der Waals surface area contributed by atoms with Gasteiger partial charge in [-0.25, -0.2) is 4.98 Å². The largest absolute Gasteiger partial charge is 0.287 e. The van der Waals surface area contributed by atoms with Crippen molar-refractivity contribution >= 4 is 17.1 Å². The Kier molecular flexibility index (Phi) is 3.38. The van der Waals surface area contributed by atoms with E-state index in [1.807, 2.05) is 36.6 Å². The molecule has 0 amide bonds. The van der Waals surface area contributed by atoms with Gasteiger partial charge in [-0.15, -0.1) is 11.3 Å². The molecule has 17 heavy (non-hydrogen) atoms. The molecule has 2 nitrogen and oxygen atoms in total. The van der Waals surface area contributed by atoms with Gasteiger partial charge in [-0.2, -0.15) is 0 Å². The first kappa shape index (κ1) is 12.0. The van der Waals surface area contributed by atoms with Crippen LogP contribution in [0, 0.1) is 6.92 Å². The predicted octanol–water partition coefficient (Wildman–Crippen LogP) is 3.81. The molecule has 1 aromatic carbocycles. The number of hydrogen-bond donors (Lipinski definition) is 0. The number of carbonyl (C=O) groups excluding carboxylic acids is 1. The lowest BCUT2D eigenvalue weighted by Crippen LogP contribution is -2.02. The molecule has 1 aromatic heterocycles. The average molecular weight is 245 g/mol. The van der Waals surface area contributed by atoms with Crippen molar-refractivity contribution in [1.29, 1.82) is 0 Å². The summed E-state index contributed by atoms with van der Waals surface area (Å²) in [5.74, 6) is 0.382. The number of hydrogen-bond acceptors (Lipinski definition) is 3. The van der Waals surface area contributed by atoms with Crippen molar-refractivity contribution in [1.82, 2.24) is 4.98 Å². The van der Waals surface area contributed by atoms with Gasteiger partial charge in [-0.3, -0.25) is 4.79 Å². The van der Waals surface area contributed by atoms with E-state index in [9.17, 15) is 4.79 Å². The summed E-state index contributed by atoms with van der Waals surface area (Å²) < 4.78 is 0. The topological polar surface area (TPSA) is 30.0 Å². The Morgan fingerprint density at radius 2 is 1.88 bits per heavy atom. The first-order valence-electron chi connectivity index (χ1n) is 5.64. The molecule has 0 spiro atoms. The molecule has 0 atom stereocenters. The summed E-state index contributed by atoms with van der Waals surface area (Å²) in [6, 6.07) is 7.60. The zero-order chi connectivity index (χ0) is 12.4. The van der Waals surface area contributed by atoms with Crippen LogP contribution < -0.4 is 0 Å². The normalized spacial score (nSPS) is 10.8. The molecule has 0 saturated heterocycles. The van der Waals surface area contributed by atoms with Crippen molar-refractivity contribution in [3.63, 3.8) is 0 Å². The van der Waals surface area contributed by atoms with E-state index in [1.165, 1.54) is 0 Å². The second-order valence-electron chi connectivity index (χ2n) is 4.42. The molecule has 0 fully saturated rings. The van der Waals surface area contributed by atoms with E-state index in [0.29, 0.717) is 17.2 Å². The van der Waals surface area contributed by atoms with Gasteiger partial charge in [0.2, 0.25) is 5.78 Å². The summed E-state index contributed by atoms with van der Waals surface area (Å²) >= 11 is 1.55. The average Bonchev–Trinajstić information content (AvgIpc) is 2.78. The number of aromatic nitrogens is 1. The van der Waals surface area contributed by atoms with Gasteiger partial charge in [0.25, 0.3) is 0 Å². The number of ketones is 1. The second-order valence-corrected chi connectivity index (χ2v) is 5.31. The molecular formula is C14H15NOS. The van der Waals surface area contributed by atoms with E-state index in [4.69, 9.17) is 0 Å². The van der Waals surface area contributed by atoms with E-state index >= 15 is 0 Å². The molecule has 88 valence electrons. The Morgan fingerprint density at radius 1 is 1.24 bits per heavy atom. The van der Waals surface area contributed by atoms with E-state index in [2.05, 4.69) is 18.8 Å². The summed E-state index contributed by atoms with van der Waals surface area (Å²) in [7, 11) is 0. The van der Waals surface area contributed by atoms with E-state index in [1.54, 1.807) is 11.3 Å². The number of nitrogens with zero attached hydrogens (tertiary/aromatic N) is 1. The minimum absolute atomic E-state index is 0.00755. The Bertz CT molecular complexity index is 525. The van der Waals surface area contributed by atoms with Crippen LogP contribution in [-0.2, 0) is 0 Å². The highest BCUT2D eigenvalue weighted by Gasteiger charge is 2.14. The zero-order valence-corrected chi connectivity index (χ0v) is 11.0. The molecule has 1 heterocycles. The molecule has 2 rings (SSSR count). The van der Waals surface area contributed by atoms with E-state index in [-0.39, 0.29) is 5.78 Å². The molecule has 0 unspecified atom stereocenters. The third kappa shape index (κ3) is 2.61. The third-order valence-electron chi connectivity index (χ3n) is 2.56. The summed E-state index contributed by atoms with van der Waals surface area (Å²) in [6.07, 6.45) is 0. The number of aryl methyl sites for hydroxylation is 1. The Labute approximate surface area is 105 Å². The van der Waals surface area contributed by atoms with Crippen LogP contribution in [0.25, 0.3) is 0 Å². The van der Waals surface area contributed by atoms with Crippen LogP contribution in [0.15, 0.2) is 29.6 Å². The Hall–Kier alpha value is -1.48. The first-order valence-corrected chi connectivity index (χ1v) is 6.52. The lowest BCUT2D eigenvalue weighted by Gasteiger charge is -1.99. The lowest BCUT2D eigenvalue weighted by molar-refractivity contribution is 0.103. The molecule has 0 aliphatic carbocycles. The smallest absolute Gasteiger partial charge is 0.212 e. The van der Waals surface area contributed by atoms with Gasteiger partial charge in [-0.1, -0.05) is 43.7 Å².